The standard InChI is InChI=1S/C15H24N2S/c1-10-9-18-15(17-10)5-6-16-11(2)14-8-12-3-4-13(14)7-12/h9,11-14,16H,3-8H2,1-2H3. The molecule has 100 valence electrons. The van der Waals surface area contributed by atoms with Gasteiger partial charge in [-0.25, -0.2) is 4.98 Å². The number of rotatable bonds is 5. The predicted molar refractivity (Wildman–Crippen MR) is 77.0 cm³/mol. The minimum absolute atomic E-state index is 0.696. The maximum absolute atomic E-state index is 4.52. The highest BCUT2D eigenvalue weighted by Crippen LogP contribution is 2.49. The summed E-state index contributed by atoms with van der Waals surface area (Å²) in [5.41, 5.74) is 1.16. The summed E-state index contributed by atoms with van der Waals surface area (Å²) in [4.78, 5) is 4.52. The van der Waals surface area contributed by atoms with Gasteiger partial charge in [-0.3, -0.25) is 0 Å². The maximum Gasteiger partial charge on any atom is 0.0940 e. The second-order valence-corrected chi connectivity index (χ2v) is 7.16. The third-order valence-electron chi connectivity index (χ3n) is 4.91. The predicted octanol–water partition coefficient (Wildman–Crippen LogP) is 3.41. The lowest BCUT2D eigenvalue weighted by molar-refractivity contribution is 0.261. The van der Waals surface area contributed by atoms with Crippen LogP contribution in [0.1, 0.15) is 43.3 Å². The molecule has 1 aromatic rings. The SMILES string of the molecule is Cc1csc(CCNC(C)C2CC3CCC2C3)n1. The van der Waals surface area contributed by atoms with E-state index in [4.69, 9.17) is 0 Å². The highest BCUT2D eigenvalue weighted by molar-refractivity contribution is 7.09. The first-order valence-corrected chi connectivity index (χ1v) is 8.24. The molecule has 0 aromatic carbocycles. The molecule has 0 aliphatic heterocycles. The number of hydrogen-bond acceptors (Lipinski definition) is 3. The van der Waals surface area contributed by atoms with Gasteiger partial charge >= 0.3 is 0 Å². The molecule has 18 heavy (non-hydrogen) atoms. The zero-order valence-corrected chi connectivity index (χ0v) is 12.3. The van der Waals surface area contributed by atoms with Gasteiger partial charge in [0, 0.05) is 30.1 Å². The van der Waals surface area contributed by atoms with Crippen molar-refractivity contribution in [3.8, 4) is 0 Å². The third-order valence-corrected chi connectivity index (χ3v) is 5.93. The fraction of sp³-hybridized carbons (Fsp3) is 0.800. The van der Waals surface area contributed by atoms with E-state index >= 15 is 0 Å². The van der Waals surface area contributed by atoms with Crippen LogP contribution in [0, 0.1) is 24.7 Å². The summed E-state index contributed by atoms with van der Waals surface area (Å²) >= 11 is 1.79. The first-order valence-electron chi connectivity index (χ1n) is 7.37. The average molecular weight is 264 g/mol. The van der Waals surface area contributed by atoms with E-state index in [2.05, 4.69) is 29.5 Å². The molecule has 2 aliphatic rings. The molecule has 0 saturated heterocycles. The Morgan fingerprint density at radius 2 is 2.33 bits per heavy atom. The van der Waals surface area contributed by atoms with Gasteiger partial charge in [0.15, 0.2) is 0 Å². The van der Waals surface area contributed by atoms with Crippen LogP contribution in [0.2, 0.25) is 0 Å². The molecule has 1 N–H and O–H groups in total. The highest BCUT2D eigenvalue weighted by atomic mass is 32.1. The Morgan fingerprint density at radius 3 is 2.94 bits per heavy atom. The quantitative estimate of drug-likeness (QED) is 0.881. The zero-order chi connectivity index (χ0) is 12.5. The molecule has 2 aliphatic carbocycles. The van der Waals surface area contributed by atoms with Crippen LogP contribution in [0.25, 0.3) is 0 Å². The Kier molecular flexibility index (Phi) is 3.71. The van der Waals surface area contributed by atoms with Crippen LogP contribution in [-0.4, -0.2) is 17.6 Å². The number of aromatic nitrogens is 1. The fourth-order valence-corrected chi connectivity index (χ4v) is 4.76. The van der Waals surface area contributed by atoms with E-state index in [1.54, 1.807) is 11.3 Å². The summed E-state index contributed by atoms with van der Waals surface area (Å²) in [5.74, 6) is 3.03. The van der Waals surface area contributed by atoms with Gasteiger partial charge in [-0.2, -0.15) is 0 Å². The topological polar surface area (TPSA) is 24.9 Å². The molecule has 0 spiro atoms. The van der Waals surface area contributed by atoms with E-state index in [1.165, 1.54) is 30.7 Å². The normalized spacial score (nSPS) is 32.0. The minimum Gasteiger partial charge on any atom is -0.314 e. The van der Waals surface area contributed by atoms with Gasteiger partial charge in [-0.1, -0.05) is 6.42 Å². The molecule has 0 amide bonds. The fourth-order valence-electron chi connectivity index (χ4n) is 3.98. The maximum atomic E-state index is 4.52. The Hall–Kier alpha value is -0.410. The first-order chi connectivity index (χ1) is 8.72. The molecule has 3 rings (SSSR count). The zero-order valence-electron chi connectivity index (χ0n) is 11.5. The van der Waals surface area contributed by atoms with Crippen LogP contribution in [0.5, 0.6) is 0 Å². The molecule has 0 radical (unpaired) electrons. The molecule has 2 fully saturated rings. The van der Waals surface area contributed by atoms with E-state index < -0.39 is 0 Å². The number of nitrogens with zero attached hydrogens (tertiary/aromatic N) is 1. The molecule has 2 bridgehead atoms. The molecule has 4 unspecified atom stereocenters. The molecule has 2 nitrogen and oxygen atoms in total. The van der Waals surface area contributed by atoms with Crippen molar-refractivity contribution in [3.63, 3.8) is 0 Å². The van der Waals surface area contributed by atoms with Crippen molar-refractivity contribution >= 4 is 11.3 Å². The molecule has 2 saturated carbocycles. The van der Waals surface area contributed by atoms with E-state index in [0.717, 1.165) is 36.4 Å². The van der Waals surface area contributed by atoms with Crippen LogP contribution in [-0.2, 0) is 6.42 Å². The van der Waals surface area contributed by atoms with Gasteiger partial charge in [0.1, 0.15) is 0 Å². The summed E-state index contributed by atoms with van der Waals surface area (Å²) in [7, 11) is 0. The number of nitrogens with one attached hydrogen (secondary N) is 1. The smallest absolute Gasteiger partial charge is 0.0940 e. The van der Waals surface area contributed by atoms with Crippen molar-refractivity contribution in [3.05, 3.63) is 16.1 Å². The van der Waals surface area contributed by atoms with Crippen LogP contribution in [0.3, 0.4) is 0 Å². The Bertz CT molecular complexity index is 401. The lowest BCUT2D eigenvalue weighted by Crippen LogP contribution is -2.37. The van der Waals surface area contributed by atoms with E-state index in [9.17, 15) is 0 Å². The van der Waals surface area contributed by atoms with Crippen molar-refractivity contribution < 1.29 is 0 Å². The molecular formula is C15H24N2S. The van der Waals surface area contributed by atoms with E-state index in [0.29, 0.717) is 6.04 Å². The van der Waals surface area contributed by atoms with Crippen LogP contribution in [0.4, 0.5) is 0 Å². The first kappa shape index (κ1) is 12.6. The second kappa shape index (κ2) is 5.30. The van der Waals surface area contributed by atoms with Crippen LogP contribution in [0.15, 0.2) is 5.38 Å². The number of fused-ring (bicyclic) bond motifs is 2. The monoisotopic (exact) mass is 264 g/mol. The molecular weight excluding hydrogens is 240 g/mol. The lowest BCUT2D eigenvalue weighted by Gasteiger charge is -2.28. The Morgan fingerprint density at radius 1 is 1.44 bits per heavy atom. The Balaban J connectivity index is 1.43. The van der Waals surface area contributed by atoms with Crippen molar-refractivity contribution in [1.29, 1.82) is 0 Å². The van der Waals surface area contributed by atoms with Gasteiger partial charge in [0.2, 0.25) is 0 Å². The van der Waals surface area contributed by atoms with Crippen LogP contribution < -0.4 is 5.32 Å². The number of hydrogen-bond donors (Lipinski definition) is 1. The van der Waals surface area contributed by atoms with Gasteiger partial charge < -0.3 is 5.32 Å². The second-order valence-electron chi connectivity index (χ2n) is 6.21. The van der Waals surface area contributed by atoms with E-state index in [-0.39, 0.29) is 0 Å². The lowest BCUT2D eigenvalue weighted by atomic mass is 9.84. The summed E-state index contributed by atoms with van der Waals surface area (Å²) in [6.07, 6.45) is 7.08. The van der Waals surface area contributed by atoms with Crippen molar-refractivity contribution in [2.75, 3.05) is 6.54 Å². The third kappa shape index (κ3) is 2.62. The van der Waals surface area contributed by atoms with Crippen LogP contribution >= 0.6 is 11.3 Å². The average Bonchev–Trinajstić information content (AvgIpc) is 3.05. The van der Waals surface area contributed by atoms with E-state index in [1.807, 2.05) is 0 Å². The molecule has 1 heterocycles. The van der Waals surface area contributed by atoms with Gasteiger partial charge in [0.05, 0.1) is 5.01 Å². The van der Waals surface area contributed by atoms with Crippen molar-refractivity contribution in [2.24, 2.45) is 17.8 Å². The summed E-state index contributed by atoms with van der Waals surface area (Å²) in [6.45, 7) is 5.55. The molecule has 4 atom stereocenters. The number of aryl methyl sites for hydroxylation is 1. The molecule has 3 heteroatoms. The summed E-state index contributed by atoms with van der Waals surface area (Å²) in [6, 6.07) is 0.696. The molecule has 1 aromatic heterocycles. The number of thiazole rings is 1. The van der Waals surface area contributed by atoms with Gasteiger partial charge in [-0.15, -0.1) is 11.3 Å². The minimum atomic E-state index is 0.696. The largest absolute Gasteiger partial charge is 0.314 e. The summed E-state index contributed by atoms with van der Waals surface area (Å²) in [5, 5.41) is 7.16. The highest BCUT2D eigenvalue weighted by Gasteiger charge is 2.41. The van der Waals surface area contributed by atoms with Crippen molar-refractivity contribution in [2.45, 2.75) is 52.0 Å². The van der Waals surface area contributed by atoms with Gasteiger partial charge in [0.25, 0.3) is 0 Å². The van der Waals surface area contributed by atoms with Gasteiger partial charge in [-0.05, 0) is 50.9 Å². The summed E-state index contributed by atoms with van der Waals surface area (Å²) < 4.78 is 0. The Labute approximate surface area is 114 Å². The van der Waals surface area contributed by atoms with Crippen molar-refractivity contribution in [1.82, 2.24) is 10.3 Å².